The molecule has 7 nitrogen and oxygen atoms in total. The van der Waals surface area contributed by atoms with Gasteiger partial charge in [0, 0.05) is 39.0 Å². The van der Waals surface area contributed by atoms with Gasteiger partial charge >= 0.3 is 0 Å². The van der Waals surface area contributed by atoms with Gasteiger partial charge in [-0.2, -0.15) is 0 Å². The van der Waals surface area contributed by atoms with E-state index in [0.29, 0.717) is 25.3 Å². The van der Waals surface area contributed by atoms with Gasteiger partial charge in [-0.25, -0.2) is 0 Å². The van der Waals surface area contributed by atoms with Crippen molar-refractivity contribution in [2.45, 2.75) is 44.6 Å². The lowest BCUT2D eigenvalue weighted by molar-refractivity contribution is -0.138. The molecule has 134 valence electrons. The van der Waals surface area contributed by atoms with E-state index in [9.17, 15) is 14.4 Å². The van der Waals surface area contributed by atoms with Crippen molar-refractivity contribution in [3.63, 3.8) is 0 Å². The molecule has 3 fully saturated rings. The Kier molecular flexibility index (Phi) is 5.84. The predicted octanol–water partition coefficient (Wildman–Crippen LogP) is -0.284. The first-order chi connectivity index (χ1) is 11.6. The van der Waals surface area contributed by atoms with Crippen LogP contribution in [0.2, 0.25) is 0 Å². The third-order valence-corrected chi connectivity index (χ3v) is 5.34. The molecule has 3 aliphatic heterocycles. The predicted molar refractivity (Wildman–Crippen MR) is 89.2 cm³/mol. The summed E-state index contributed by atoms with van der Waals surface area (Å²) in [4.78, 5) is 39.1. The van der Waals surface area contributed by atoms with Gasteiger partial charge in [0.25, 0.3) is 0 Å². The van der Waals surface area contributed by atoms with E-state index in [0.717, 1.165) is 58.4 Å². The monoisotopic (exact) mass is 336 g/mol. The molecule has 0 saturated carbocycles. The zero-order chi connectivity index (χ0) is 16.9. The molecule has 3 aliphatic rings. The number of amides is 3. The smallest absolute Gasteiger partial charge is 0.237 e. The van der Waals surface area contributed by atoms with Crippen molar-refractivity contribution >= 4 is 17.7 Å². The molecule has 0 aromatic carbocycles. The fraction of sp³-hybridized carbons (Fsp3) is 0.824. The number of imide groups is 1. The summed E-state index contributed by atoms with van der Waals surface area (Å²) in [5, 5.41) is 6.30. The molecule has 3 heterocycles. The lowest BCUT2D eigenvalue weighted by atomic mass is 9.98. The summed E-state index contributed by atoms with van der Waals surface area (Å²) in [6.07, 6.45) is 4.95. The summed E-state index contributed by atoms with van der Waals surface area (Å²) < 4.78 is 0. The summed E-state index contributed by atoms with van der Waals surface area (Å²) in [5.74, 6) is 0.502. The first-order valence-corrected chi connectivity index (χ1v) is 9.20. The van der Waals surface area contributed by atoms with E-state index in [1.165, 1.54) is 4.90 Å². The van der Waals surface area contributed by atoms with Crippen LogP contribution in [0.1, 0.15) is 38.5 Å². The Hall–Kier alpha value is -1.47. The van der Waals surface area contributed by atoms with E-state index in [-0.39, 0.29) is 23.8 Å². The Labute approximate surface area is 143 Å². The number of piperidine rings is 1. The number of carbonyl (C=O) groups is 3. The van der Waals surface area contributed by atoms with E-state index in [4.69, 9.17) is 0 Å². The number of nitrogens with zero attached hydrogens (tertiary/aromatic N) is 2. The summed E-state index contributed by atoms with van der Waals surface area (Å²) in [5.41, 5.74) is 0. The van der Waals surface area contributed by atoms with Crippen molar-refractivity contribution in [2.24, 2.45) is 5.92 Å². The van der Waals surface area contributed by atoms with Gasteiger partial charge < -0.3 is 15.5 Å². The van der Waals surface area contributed by atoms with Gasteiger partial charge in [0.1, 0.15) is 0 Å². The number of hydrogen-bond acceptors (Lipinski definition) is 5. The molecule has 2 N–H and O–H groups in total. The third kappa shape index (κ3) is 4.33. The second-order valence-corrected chi connectivity index (χ2v) is 7.14. The molecule has 3 amide bonds. The Morgan fingerprint density at radius 3 is 2.62 bits per heavy atom. The third-order valence-electron chi connectivity index (χ3n) is 5.34. The van der Waals surface area contributed by atoms with Crippen molar-refractivity contribution in [2.75, 3.05) is 39.3 Å². The van der Waals surface area contributed by atoms with E-state index >= 15 is 0 Å². The fourth-order valence-corrected chi connectivity index (χ4v) is 3.91. The molecule has 0 aromatic heterocycles. The summed E-state index contributed by atoms with van der Waals surface area (Å²) in [7, 11) is 0. The van der Waals surface area contributed by atoms with Crippen LogP contribution in [0.3, 0.4) is 0 Å². The SMILES string of the molecule is O=C(NCC1CCCN(CCN2C(=O)CCC2=O)C1)C1CCCN1. The number of likely N-dealkylation sites (tertiary alicyclic amines) is 2. The van der Waals surface area contributed by atoms with Gasteiger partial charge in [0.05, 0.1) is 6.04 Å². The van der Waals surface area contributed by atoms with Gasteiger partial charge in [-0.05, 0) is 44.7 Å². The Morgan fingerprint density at radius 2 is 1.92 bits per heavy atom. The minimum atomic E-state index is -0.0371. The quantitative estimate of drug-likeness (QED) is 0.652. The van der Waals surface area contributed by atoms with Crippen LogP contribution in [0.5, 0.6) is 0 Å². The van der Waals surface area contributed by atoms with E-state index in [1.54, 1.807) is 0 Å². The van der Waals surface area contributed by atoms with Crippen molar-refractivity contribution in [1.29, 1.82) is 0 Å². The molecule has 0 aromatic rings. The van der Waals surface area contributed by atoms with Crippen LogP contribution in [0.15, 0.2) is 0 Å². The highest BCUT2D eigenvalue weighted by Crippen LogP contribution is 2.17. The van der Waals surface area contributed by atoms with Crippen LogP contribution in [0.25, 0.3) is 0 Å². The molecule has 0 bridgehead atoms. The van der Waals surface area contributed by atoms with Crippen molar-refractivity contribution in [3.8, 4) is 0 Å². The average molecular weight is 336 g/mol. The summed E-state index contributed by atoms with van der Waals surface area (Å²) >= 11 is 0. The van der Waals surface area contributed by atoms with Crippen LogP contribution >= 0.6 is 0 Å². The Balaban J connectivity index is 1.38. The second-order valence-electron chi connectivity index (χ2n) is 7.14. The molecule has 3 saturated heterocycles. The molecule has 0 aliphatic carbocycles. The lowest BCUT2D eigenvalue weighted by Crippen LogP contribution is -2.47. The first kappa shape index (κ1) is 17.4. The molecule has 0 radical (unpaired) electrons. The van der Waals surface area contributed by atoms with E-state index < -0.39 is 0 Å². The topological polar surface area (TPSA) is 81.8 Å². The van der Waals surface area contributed by atoms with E-state index in [2.05, 4.69) is 15.5 Å². The highest BCUT2D eigenvalue weighted by molar-refractivity contribution is 6.01. The maximum atomic E-state index is 12.1. The van der Waals surface area contributed by atoms with E-state index in [1.807, 2.05) is 0 Å². The van der Waals surface area contributed by atoms with Crippen LogP contribution < -0.4 is 10.6 Å². The Bertz CT molecular complexity index is 474. The molecule has 7 heteroatoms. The maximum Gasteiger partial charge on any atom is 0.237 e. The van der Waals surface area contributed by atoms with Gasteiger partial charge in [-0.1, -0.05) is 0 Å². The van der Waals surface area contributed by atoms with Gasteiger partial charge in [-0.3, -0.25) is 19.3 Å². The summed E-state index contributed by atoms with van der Waals surface area (Å²) in [6, 6.07) is -0.0168. The van der Waals surface area contributed by atoms with Crippen molar-refractivity contribution in [1.82, 2.24) is 20.4 Å². The van der Waals surface area contributed by atoms with Crippen molar-refractivity contribution in [3.05, 3.63) is 0 Å². The molecular weight excluding hydrogens is 308 g/mol. The maximum absolute atomic E-state index is 12.1. The lowest BCUT2D eigenvalue weighted by Gasteiger charge is -2.33. The normalized spacial score (nSPS) is 28.6. The first-order valence-electron chi connectivity index (χ1n) is 9.20. The van der Waals surface area contributed by atoms with Crippen LogP contribution in [0.4, 0.5) is 0 Å². The van der Waals surface area contributed by atoms with Crippen LogP contribution in [0, 0.1) is 5.92 Å². The molecule has 24 heavy (non-hydrogen) atoms. The number of carbonyl (C=O) groups excluding carboxylic acids is 3. The van der Waals surface area contributed by atoms with Crippen LogP contribution in [-0.2, 0) is 14.4 Å². The molecule has 3 rings (SSSR count). The molecule has 2 unspecified atom stereocenters. The molecular formula is C17H28N4O3. The second kappa shape index (κ2) is 8.07. The number of rotatable bonds is 6. The minimum Gasteiger partial charge on any atom is -0.354 e. The Morgan fingerprint density at radius 1 is 1.12 bits per heavy atom. The van der Waals surface area contributed by atoms with Gasteiger partial charge in [0.2, 0.25) is 17.7 Å². The average Bonchev–Trinajstić information content (AvgIpc) is 3.22. The number of hydrogen-bond donors (Lipinski definition) is 2. The number of nitrogens with one attached hydrogen (secondary N) is 2. The zero-order valence-electron chi connectivity index (χ0n) is 14.3. The van der Waals surface area contributed by atoms with Crippen molar-refractivity contribution < 1.29 is 14.4 Å². The molecule has 2 atom stereocenters. The van der Waals surface area contributed by atoms with Crippen LogP contribution in [-0.4, -0.2) is 72.8 Å². The zero-order valence-corrected chi connectivity index (χ0v) is 14.3. The minimum absolute atomic E-state index is 0.0168. The highest BCUT2D eigenvalue weighted by atomic mass is 16.2. The largest absolute Gasteiger partial charge is 0.354 e. The molecule has 0 spiro atoms. The van der Waals surface area contributed by atoms with Gasteiger partial charge in [0.15, 0.2) is 0 Å². The fourth-order valence-electron chi connectivity index (χ4n) is 3.91. The summed E-state index contributed by atoms with van der Waals surface area (Å²) in [6.45, 7) is 4.83. The standard InChI is InChI=1S/C17H28N4O3/c22-15-5-6-16(23)21(15)10-9-20-8-2-3-13(12-20)11-19-17(24)14-4-1-7-18-14/h13-14,18H,1-12H2,(H,19,24). The van der Waals surface area contributed by atoms with Gasteiger partial charge in [-0.15, -0.1) is 0 Å². The highest BCUT2D eigenvalue weighted by Gasteiger charge is 2.30.